The molecule has 1 unspecified atom stereocenters. The van der Waals surface area contributed by atoms with Gasteiger partial charge in [-0.2, -0.15) is 0 Å². The van der Waals surface area contributed by atoms with Crippen molar-refractivity contribution in [2.75, 3.05) is 4.90 Å². The van der Waals surface area contributed by atoms with Crippen LogP contribution >= 0.6 is 0 Å². The van der Waals surface area contributed by atoms with Gasteiger partial charge < -0.3 is 4.90 Å². The van der Waals surface area contributed by atoms with E-state index in [4.69, 9.17) is 0 Å². The average Bonchev–Trinajstić information content (AvgIpc) is 3.52. The maximum Gasteiger partial charge on any atom is 0.0467 e. The Labute approximate surface area is 323 Å². The molecule has 0 saturated heterocycles. The molecule has 0 heterocycles. The molecule has 0 saturated carbocycles. The van der Waals surface area contributed by atoms with Crippen molar-refractivity contribution in [3.63, 3.8) is 0 Å². The van der Waals surface area contributed by atoms with Crippen LogP contribution in [0.4, 0.5) is 17.1 Å². The maximum absolute atomic E-state index is 2.41. The smallest absolute Gasteiger partial charge is 0.0467 e. The molecule has 9 aromatic rings. The molecule has 1 aliphatic carbocycles. The highest BCUT2D eigenvalue weighted by Crippen LogP contribution is 2.54. The zero-order valence-electron chi connectivity index (χ0n) is 31.2. The first-order valence-corrected chi connectivity index (χ1v) is 19.4. The van der Waals surface area contributed by atoms with E-state index >= 15 is 0 Å². The minimum atomic E-state index is -0.0107. The molecule has 0 N–H and O–H groups in total. The molecule has 1 nitrogen and oxygen atoms in total. The summed E-state index contributed by atoms with van der Waals surface area (Å²) >= 11 is 0. The van der Waals surface area contributed by atoms with Crippen LogP contribution in [0.3, 0.4) is 0 Å². The van der Waals surface area contributed by atoms with E-state index in [1.807, 2.05) is 0 Å². The van der Waals surface area contributed by atoms with E-state index in [-0.39, 0.29) is 5.41 Å². The van der Waals surface area contributed by atoms with Crippen molar-refractivity contribution >= 4 is 38.6 Å². The number of rotatable bonds is 7. The number of nitrogens with zero attached hydrogens (tertiary/aromatic N) is 1. The van der Waals surface area contributed by atoms with Crippen LogP contribution in [0.25, 0.3) is 66.1 Å². The van der Waals surface area contributed by atoms with Gasteiger partial charge in [-0.15, -0.1) is 0 Å². The summed E-state index contributed by atoms with van der Waals surface area (Å²) in [6, 6.07) is 73.6. The summed E-state index contributed by atoms with van der Waals surface area (Å²) in [4.78, 5) is 2.40. The molecule has 1 atom stereocenters. The van der Waals surface area contributed by atoms with Crippen LogP contribution in [-0.4, -0.2) is 0 Å². The van der Waals surface area contributed by atoms with Crippen LogP contribution < -0.4 is 4.90 Å². The zero-order chi connectivity index (χ0) is 36.9. The lowest BCUT2D eigenvalue weighted by atomic mass is 9.77. The van der Waals surface area contributed by atoms with Crippen LogP contribution in [0, 0.1) is 0 Å². The summed E-state index contributed by atoms with van der Waals surface area (Å²) in [5.74, 6) is 0. The molecule has 10 rings (SSSR count). The molecule has 9 aromatic carbocycles. The lowest BCUT2D eigenvalue weighted by molar-refractivity contribution is 0.564. The third kappa shape index (κ3) is 5.46. The van der Waals surface area contributed by atoms with E-state index in [1.165, 1.54) is 77.2 Å². The molecule has 0 aromatic heterocycles. The van der Waals surface area contributed by atoms with E-state index in [0.717, 1.165) is 23.5 Å². The third-order valence-corrected chi connectivity index (χ3v) is 12.0. The summed E-state index contributed by atoms with van der Waals surface area (Å²) in [7, 11) is 0. The number of benzene rings is 9. The first kappa shape index (κ1) is 32.9. The van der Waals surface area contributed by atoms with Crippen molar-refractivity contribution in [1.82, 2.24) is 0 Å². The molecule has 0 spiro atoms. The molecule has 0 radical (unpaired) electrons. The van der Waals surface area contributed by atoms with Crippen LogP contribution in [0.1, 0.15) is 31.4 Å². The van der Waals surface area contributed by atoms with Crippen molar-refractivity contribution in [2.45, 2.75) is 25.7 Å². The zero-order valence-corrected chi connectivity index (χ0v) is 31.2. The largest absolute Gasteiger partial charge is 0.310 e. The average molecular weight is 704 g/mol. The van der Waals surface area contributed by atoms with Gasteiger partial charge in [0, 0.05) is 22.5 Å². The topological polar surface area (TPSA) is 3.24 Å². The Morgan fingerprint density at radius 1 is 0.382 bits per heavy atom. The second-order valence-electron chi connectivity index (χ2n) is 15.0. The van der Waals surface area contributed by atoms with Crippen molar-refractivity contribution in [2.24, 2.45) is 0 Å². The lowest BCUT2D eigenvalue weighted by Crippen LogP contribution is -2.19. The van der Waals surface area contributed by atoms with Crippen molar-refractivity contribution in [3.05, 3.63) is 211 Å². The van der Waals surface area contributed by atoms with Crippen molar-refractivity contribution in [1.29, 1.82) is 0 Å². The highest BCUT2D eigenvalue weighted by atomic mass is 15.1. The SMILES string of the molecule is CCC1(C)c2ccccc2-c2c(-c3cccc(N(c4ccc(-c5cccc6ccccc56)cc4)c4ccc(-c5cccc6ccccc56)cc4)c3)cccc21. The Kier molecular flexibility index (Phi) is 7.96. The summed E-state index contributed by atoms with van der Waals surface area (Å²) < 4.78 is 0. The van der Waals surface area contributed by atoms with Crippen LogP contribution in [0.5, 0.6) is 0 Å². The molecule has 0 fully saturated rings. The molecular formula is C54H41N. The third-order valence-electron chi connectivity index (χ3n) is 12.0. The molecule has 0 aliphatic heterocycles. The van der Waals surface area contributed by atoms with Crippen molar-refractivity contribution < 1.29 is 0 Å². The van der Waals surface area contributed by atoms with Gasteiger partial charge in [0.05, 0.1) is 0 Å². The van der Waals surface area contributed by atoms with Gasteiger partial charge in [0.1, 0.15) is 0 Å². The molecule has 55 heavy (non-hydrogen) atoms. The number of hydrogen-bond donors (Lipinski definition) is 0. The molecule has 1 heteroatoms. The Bertz CT molecular complexity index is 2730. The first-order chi connectivity index (χ1) is 27.1. The first-order valence-electron chi connectivity index (χ1n) is 19.4. The van der Waals surface area contributed by atoms with Gasteiger partial charge in [-0.1, -0.05) is 178 Å². The highest BCUT2D eigenvalue weighted by Gasteiger charge is 2.38. The van der Waals surface area contributed by atoms with Gasteiger partial charge in [0.25, 0.3) is 0 Å². The van der Waals surface area contributed by atoms with Gasteiger partial charge in [-0.05, 0) is 120 Å². The summed E-state index contributed by atoms with van der Waals surface area (Å²) in [6.45, 7) is 4.72. The fourth-order valence-corrected chi connectivity index (χ4v) is 9.05. The quantitative estimate of drug-likeness (QED) is 0.160. The molecular weight excluding hydrogens is 663 g/mol. The predicted molar refractivity (Wildman–Crippen MR) is 235 cm³/mol. The minimum Gasteiger partial charge on any atom is -0.310 e. The molecule has 0 bridgehead atoms. The molecule has 262 valence electrons. The Hall–Kier alpha value is -6.70. The molecule has 1 aliphatic rings. The van der Waals surface area contributed by atoms with Crippen LogP contribution in [0.2, 0.25) is 0 Å². The van der Waals surface area contributed by atoms with Crippen molar-refractivity contribution in [3.8, 4) is 44.5 Å². The molecule has 0 amide bonds. The van der Waals surface area contributed by atoms with E-state index in [2.05, 4.69) is 219 Å². The maximum atomic E-state index is 2.41. The fourth-order valence-electron chi connectivity index (χ4n) is 9.05. The lowest BCUT2D eigenvalue weighted by Gasteiger charge is -2.27. The van der Waals surface area contributed by atoms with Gasteiger partial charge in [0.15, 0.2) is 0 Å². The van der Waals surface area contributed by atoms with Crippen LogP contribution in [-0.2, 0) is 5.41 Å². The standard InChI is InChI=1S/C54H41N/c1-3-54(2)51-26-9-8-22-50(51)53-49(25-13-27-52(53)54)41-18-10-19-44(36-41)55(42-32-28-39(29-33-42)47-23-11-16-37-14-4-6-20-45(37)47)43-34-30-40(31-35-43)48-24-12-17-38-15-5-7-21-46(38)48/h4-36H,3H2,1-2H3. The predicted octanol–water partition coefficient (Wildman–Crippen LogP) is 15.2. The number of anilines is 3. The second-order valence-corrected chi connectivity index (χ2v) is 15.0. The Morgan fingerprint density at radius 3 is 1.47 bits per heavy atom. The monoisotopic (exact) mass is 703 g/mol. The number of fused-ring (bicyclic) bond motifs is 5. The van der Waals surface area contributed by atoms with Gasteiger partial charge >= 0.3 is 0 Å². The summed E-state index contributed by atoms with van der Waals surface area (Å²) in [6.07, 6.45) is 1.05. The van der Waals surface area contributed by atoms with E-state index in [0.29, 0.717) is 0 Å². The van der Waals surface area contributed by atoms with Gasteiger partial charge in [0.2, 0.25) is 0 Å². The highest BCUT2D eigenvalue weighted by molar-refractivity contribution is 5.99. The van der Waals surface area contributed by atoms with Gasteiger partial charge in [-0.25, -0.2) is 0 Å². The van der Waals surface area contributed by atoms with E-state index in [1.54, 1.807) is 0 Å². The van der Waals surface area contributed by atoms with E-state index in [9.17, 15) is 0 Å². The van der Waals surface area contributed by atoms with Gasteiger partial charge in [-0.3, -0.25) is 0 Å². The summed E-state index contributed by atoms with van der Waals surface area (Å²) in [5.41, 5.74) is 16.3. The fraction of sp³-hybridized carbons (Fsp3) is 0.0741. The Balaban J connectivity index is 1.11. The normalized spacial score (nSPS) is 14.5. The minimum absolute atomic E-state index is 0.0107. The van der Waals surface area contributed by atoms with Crippen LogP contribution in [0.15, 0.2) is 200 Å². The second kappa shape index (κ2) is 13.3. The van der Waals surface area contributed by atoms with E-state index < -0.39 is 0 Å². The summed E-state index contributed by atoms with van der Waals surface area (Å²) in [5, 5.41) is 5.04. The number of hydrogen-bond acceptors (Lipinski definition) is 1. The Morgan fingerprint density at radius 2 is 0.855 bits per heavy atom.